The zero-order valence-corrected chi connectivity index (χ0v) is 11.7. The van der Waals surface area contributed by atoms with Gasteiger partial charge in [0, 0.05) is 23.4 Å². The molecule has 1 aromatic carbocycles. The number of halogens is 1. The molecule has 0 bridgehead atoms. The Balaban J connectivity index is 2.67. The molecule has 0 atom stereocenters. The summed E-state index contributed by atoms with van der Waals surface area (Å²) in [5.41, 5.74) is 1.29. The molecule has 0 amide bonds. The molecule has 0 radical (unpaired) electrons. The summed E-state index contributed by atoms with van der Waals surface area (Å²) in [5, 5.41) is 3.44. The quantitative estimate of drug-likeness (QED) is 0.597. The summed E-state index contributed by atoms with van der Waals surface area (Å²) in [5.74, 6) is 1.67. The lowest BCUT2D eigenvalue weighted by molar-refractivity contribution is 0.386. The van der Waals surface area contributed by atoms with E-state index in [-0.39, 0.29) is 5.41 Å². The number of benzene rings is 1. The Morgan fingerprint density at radius 2 is 2.00 bits per heavy atom. The van der Waals surface area contributed by atoms with Gasteiger partial charge in [-0.3, -0.25) is 0 Å². The largest absolute Gasteiger partial charge is 0.496 e. The first kappa shape index (κ1) is 14.3. The highest BCUT2D eigenvalue weighted by molar-refractivity contribution is 6.17. The van der Waals surface area contributed by atoms with E-state index in [1.807, 2.05) is 12.1 Å². The van der Waals surface area contributed by atoms with Crippen LogP contribution in [0, 0.1) is 0 Å². The van der Waals surface area contributed by atoms with E-state index < -0.39 is 0 Å². The zero-order valence-electron chi connectivity index (χ0n) is 10.9. The molecule has 96 valence electrons. The number of hydrogen-bond donors (Lipinski definition) is 1. The first-order valence-corrected chi connectivity index (χ1v) is 6.55. The van der Waals surface area contributed by atoms with Gasteiger partial charge in [-0.25, -0.2) is 0 Å². The molecule has 0 aliphatic carbocycles. The predicted molar refractivity (Wildman–Crippen MR) is 74.2 cm³/mol. The van der Waals surface area contributed by atoms with Crippen LogP contribution in [-0.4, -0.2) is 26.1 Å². The van der Waals surface area contributed by atoms with Gasteiger partial charge in [-0.1, -0.05) is 32.0 Å². The second-order valence-corrected chi connectivity index (χ2v) is 5.18. The van der Waals surface area contributed by atoms with E-state index in [1.54, 1.807) is 7.11 Å². The van der Waals surface area contributed by atoms with Crippen molar-refractivity contribution in [2.75, 3.05) is 26.1 Å². The van der Waals surface area contributed by atoms with Gasteiger partial charge in [0.1, 0.15) is 5.75 Å². The van der Waals surface area contributed by atoms with Gasteiger partial charge in [-0.2, -0.15) is 0 Å². The summed E-state index contributed by atoms with van der Waals surface area (Å²) in [6.45, 7) is 6.32. The molecule has 0 heterocycles. The van der Waals surface area contributed by atoms with E-state index in [4.69, 9.17) is 16.3 Å². The van der Waals surface area contributed by atoms with Crippen LogP contribution in [0.1, 0.15) is 25.8 Å². The summed E-state index contributed by atoms with van der Waals surface area (Å²) in [4.78, 5) is 0. The second-order valence-electron chi connectivity index (χ2n) is 4.80. The maximum Gasteiger partial charge on any atom is 0.122 e. The van der Waals surface area contributed by atoms with E-state index in [9.17, 15) is 0 Å². The molecule has 0 fully saturated rings. The molecule has 0 unspecified atom stereocenters. The van der Waals surface area contributed by atoms with Crippen LogP contribution in [0.2, 0.25) is 0 Å². The molecule has 0 aromatic heterocycles. The molecular formula is C14H22ClNO. The van der Waals surface area contributed by atoms with Gasteiger partial charge in [0.05, 0.1) is 7.11 Å². The average molecular weight is 256 g/mol. The molecule has 0 saturated carbocycles. The molecule has 0 aliphatic heterocycles. The van der Waals surface area contributed by atoms with Gasteiger partial charge in [-0.05, 0) is 19.0 Å². The first-order valence-electron chi connectivity index (χ1n) is 6.02. The third-order valence-electron chi connectivity index (χ3n) is 2.89. The highest BCUT2D eigenvalue weighted by Crippen LogP contribution is 2.30. The second kappa shape index (κ2) is 6.87. The number of alkyl halides is 1. The normalized spacial score (nSPS) is 11.5. The summed E-state index contributed by atoms with van der Waals surface area (Å²) < 4.78 is 5.41. The topological polar surface area (TPSA) is 21.3 Å². The molecular weight excluding hydrogens is 234 g/mol. The Labute approximate surface area is 109 Å². The van der Waals surface area contributed by atoms with Crippen molar-refractivity contribution in [3.8, 4) is 5.75 Å². The van der Waals surface area contributed by atoms with Crippen molar-refractivity contribution < 1.29 is 4.74 Å². The van der Waals surface area contributed by atoms with Crippen molar-refractivity contribution in [1.82, 2.24) is 5.32 Å². The third-order valence-corrected chi connectivity index (χ3v) is 3.16. The fraction of sp³-hybridized carbons (Fsp3) is 0.571. The average Bonchev–Trinajstić information content (AvgIpc) is 2.34. The van der Waals surface area contributed by atoms with Crippen molar-refractivity contribution >= 4 is 11.6 Å². The van der Waals surface area contributed by atoms with Crippen molar-refractivity contribution in [2.45, 2.75) is 25.7 Å². The number of nitrogens with one attached hydrogen (secondary N) is 1. The van der Waals surface area contributed by atoms with Crippen LogP contribution in [-0.2, 0) is 5.41 Å². The molecule has 3 heteroatoms. The molecule has 0 aliphatic rings. The molecule has 0 spiro atoms. The van der Waals surface area contributed by atoms with Gasteiger partial charge >= 0.3 is 0 Å². The summed E-state index contributed by atoms with van der Waals surface area (Å²) in [6.07, 6.45) is 1.00. The fourth-order valence-corrected chi connectivity index (χ4v) is 2.03. The smallest absolute Gasteiger partial charge is 0.122 e. The van der Waals surface area contributed by atoms with Crippen LogP contribution in [0.25, 0.3) is 0 Å². The minimum Gasteiger partial charge on any atom is -0.496 e. The van der Waals surface area contributed by atoms with Crippen LogP contribution >= 0.6 is 11.6 Å². The van der Waals surface area contributed by atoms with E-state index in [0.717, 1.165) is 25.3 Å². The monoisotopic (exact) mass is 255 g/mol. The lowest BCUT2D eigenvalue weighted by Crippen LogP contribution is -2.33. The predicted octanol–water partition coefficient (Wildman–Crippen LogP) is 3.19. The minimum absolute atomic E-state index is 0.0545. The fourth-order valence-electron chi connectivity index (χ4n) is 1.89. The first-order chi connectivity index (χ1) is 8.11. The minimum atomic E-state index is 0.0545. The summed E-state index contributed by atoms with van der Waals surface area (Å²) in [7, 11) is 1.72. The van der Waals surface area contributed by atoms with Gasteiger partial charge in [0.15, 0.2) is 0 Å². The van der Waals surface area contributed by atoms with Gasteiger partial charge < -0.3 is 10.1 Å². The van der Waals surface area contributed by atoms with Crippen LogP contribution < -0.4 is 10.1 Å². The van der Waals surface area contributed by atoms with Crippen molar-refractivity contribution in [3.63, 3.8) is 0 Å². The highest BCUT2D eigenvalue weighted by atomic mass is 35.5. The number of ether oxygens (including phenoxy) is 1. The Kier molecular flexibility index (Phi) is 5.79. The number of para-hydroxylation sites is 1. The number of methoxy groups -OCH3 is 1. The molecule has 1 N–H and O–H groups in total. The maximum atomic E-state index is 5.66. The van der Waals surface area contributed by atoms with Gasteiger partial charge in [-0.15, -0.1) is 11.6 Å². The van der Waals surface area contributed by atoms with E-state index in [0.29, 0.717) is 5.88 Å². The van der Waals surface area contributed by atoms with Crippen LogP contribution in [0.3, 0.4) is 0 Å². The van der Waals surface area contributed by atoms with Gasteiger partial charge in [0.25, 0.3) is 0 Å². The summed E-state index contributed by atoms with van der Waals surface area (Å²) >= 11 is 5.66. The molecule has 1 rings (SSSR count). The SMILES string of the molecule is COc1ccccc1C(C)(C)CNCCCCl. The Bertz CT molecular complexity index is 339. The summed E-state index contributed by atoms with van der Waals surface area (Å²) in [6, 6.07) is 8.19. The van der Waals surface area contributed by atoms with Crippen molar-refractivity contribution in [1.29, 1.82) is 0 Å². The lowest BCUT2D eigenvalue weighted by atomic mass is 9.84. The van der Waals surface area contributed by atoms with Crippen LogP contribution in [0.15, 0.2) is 24.3 Å². The molecule has 0 saturated heterocycles. The Morgan fingerprint density at radius 3 is 2.65 bits per heavy atom. The number of rotatable bonds is 7. The molecule has 17 heavy (non-hydrogen) atoms. The van der Waals surface area contributed by atoms with Crippen LogP contribution in [0.4, 0.5) is 0 Å². The van der Waals surface area contributed by atoms with E-state index in [2.05, 4.69) is 31.3 Å². The molecule has 2 nitrogen and oxygen atoms in total. The standard InChI is InChI=1S/C14H22ClNO/c1-14(2,11-16-10-6-9-15)12-7-4-5-8-13(12)17-3/h4-5,7-8,16H,6,9-11H2,1-3H3. The Morgan fingerprint density at radius 1 is 1.29 bits per heavy atom. The Hall–Kier alpha value is -0.730. The lowest BCUT2D eigenvalue weighted by Gasteiger charge is -2.27. The van der Waals surface area contributed by atoms with Crippen molar-refractivity contribution in [2.24, 2.45) is 0 Å². The zero-order chi connectivity index (χ0) is 12.7. The third kappa shape index (κ3) is 4.21. The van der Waals surface area contributed by atoms with Gasteiger partial charge in [0.2, 0.25) is 0 Å². The maximum absolute atomic E-state index is 5.66. The number of hydrogen-bond acceptors (Lipinski definition) is 2. The van der Waals surface area contributed by atoms with E-state index in [1.165, 1.54) is 5.56 Å². The molecule has 1 aromatic rings. The van der Waals surface area contributed by atoms with E-state index >= 15 is 0 Å². The van der Waals surface area contributed by atoms with Crippen LogP contribution in [0.5, 0.6) is 5.75 Å². The highest BCUT2D eigenvalue weighted by Gasteiger charge is 2.23. The van der Waals surface area contributed by atoms with Crippen molar-refractivity contribution in [3.05, 3.63) is 29.8 Å².